The Morgan fingerprint density at radius 2 is 1.94 bits per heavy atom. The zero-order chi connectivity index (χ0) is 12.5. The van der Waals surface area contributed by atoms with Gasteiger partial charge in [-0.05, 0) is 55.3 Å². The van der Waals surface area contributed by atoms with Crippen LogP contribution < -0.4 is 10.6 Å². The van der Waals surface area contributed by atoms with Gasteiger partial charge in [0.25, 0.3) is 0 Å². The first-order valence-electron chi connectivity index (χ1n) is 7.01. The molecule has 1 aliphatic carbocycles. The lowest BCUT2D eigenvalue weighted by Crippen LogP contribution is -2.22. The monoisotopic (exact) mass is 248 g/mol. The molecule has 1 heterocycles. The highest BCUT2D eigenvalue weighted by atomic mass is 19.1. The van der Waals surface area contributed by atoms with E-state index in [9.17, 15) is 4.39 Å². The number of halogens is 1. The van der Waals surface area contributed by atoms with Crippen LogP contribution in [-0.2, 0) is 6.42 Å². The van der Waals surface area contributed by atoms with Gasteiger partial charge in [-0.3, -0.25) is 0 Å². The number of hydrogen-bond acceptors (Lipinski definition) is 2. The fraction of sp³-hybridized carbons (Fsp3) is 0.600. The lowest BCUT2D eigenvalue weighted by atomic mass is 10.0. The molecule has 1 aliphatic heterocycles. The predicted octanol–water partition coefficient (Wildman–Crippen LogP) is 2.56. The summed E-state index contributed by atoms with van der Waals surface area (Å²) >= 11 is 0. The standard InChI is InChI=1S/C15H21FN2/c16-14-8-11(6-7-17)4-5-15(14)18-9-12-2-1-3-13(12)10-18/h4-5,8,12-13H,1-3,6-7,9-10,17H2. The summed E-state index contributed by atoms with van der Waals surface area (Å²) < 4.78 is 14.1. The molecule has 1 aromatic rings. The molecule has 1 aromatic carbocycles. The van der Waals surface area contributed by atoms with Crippen LogP contribution >= 0.6 is 0 Å². The van der Waals surface area contributed by atoms with Gasteiger partial charge in [-0.25, -0.2) is 4.39 Å². The van der Waals surface area contributed by atoms with E-state index in [1.807, 2.05) is 12.1 Å². The van der Waals surface area contributed by atoms with Crippen LogP contribution in [0.15, 0.2) is 18.2 Å². The lowest BCUT2D eigenvalue weighted by molar-refractivity contribution is 0.494. The number of anilines is 1. The van der Waals surface area contributed by atoms with Crippen LogP contribution in [0.3, 0.4) is 0 Å². The summed E-state index contributed by atoms with van der Waals surface area (Å²) in [7, 11) is 0. The molecular weight excluding hydrogens is 227 g/mol. The van der Waals surface area contributed by atoms with Crippen LogP contribution in [0.5, 0.6) is 0 Å². The molecule has 2 atom stereocenters. The second kappa shape index (κ2) is 4.88. The summed E-state index contributed by atoms with van der Waals surface area (Å²) in [5, 5.41) is 0. The van der Waals surface area contributed by atoms with Gasteiger partial charge in [0.2, 0.25) is 0 Å². The Bertz CT molecular complexity index is 421. The summed E-state index contributed by atoms with van der Waals surface area (Å²) in [4.78, 5) is 2.23. The SMILES string of the molecule is NCCc1ccc(N2CC3CCCC3C2)c(F)c1. The molecule has 98 valence electrons. The van der Waals surface area contributed by atoms with E-state index in [1.165, 1.54) is 19.3 Å². The van der Waals surface area contributed by atoms with Crippen molar-refractivity contribution in [3.63, 3.8) is 0 Å². The Labute approximate surface area is 108 Å². The summed E-state index contributed by atoms with van der Waals surface area (Å²) in [5.41, 5.74) is 7.28. The Morgan fingerprint density at radius 1 is 1.22 bits per heavy atom. The first-order chi connectivity index (χ1) is 8.78. The Hall–Kier alpha value is -1.09. The van der Waals surface area contributed by atoms with Crippen molar-refractivity contribution >= 4 is 5.69 Å². The number of fused-ring (bicyclic) bond motifs is 1. The maximum absolute atomic E-state index is 14.1. The number of nitrogens with two attached hydrogens (primary N) is 1. The van der Waals surface area contributed by atoms with E-state index < -0.39 is 0 Å². The van der Waals surface area contributed by atoms with Crippen molar-refractivity contribution in [3.8, 4) is 0 Å². The minimum atomic E-state index is -0.0825. The average Bonchev–Trinajstić information content (AvgIpc) is 2.89. The van der Waals surface area contributed by atoms with Gasteiger partial charge >= 0.3 is 0 Å². The molecule has 1 saturated heterocycles. The fourth-order valence-corrected chi connectivity index (χ4v) is 3.56. The Morgan fingerprint density at radius 3 is 2.56 bits per heavy atom. The maximum Gasteiger partial charge on any atom is 0.146 e. The van der Waals surface area contributed by atoms with Crippen molar-refractivity contribution in [2.45, 2.75) is 25.7 Å². The second-order valence-electron chi connectivity index (χ2n) is 5.68. The van der Waals surface area contributed by atoms with E-state index in [2.05, 4.69) is 4.90 Å². The van der Waals surface area contributed by atoms with Crippen molar-refractivity contribution in [1.82, 2.24) is 0 Å². The summed E-state index contributed by atoms with van der Waals surface area (Å²) in [6.07, 6.45) is 4.77. The zero-order valence-corrected chi connectivity index (χ0v) is 10.7. The Balaban J connectivity index is 1.76. The smallest absolute Gasteiger partial charge is 0.146 e. The van der Waals surface area contributed by atoms with Gasteiger partial charge < -0.3 is 10.6 Å². The molecule has 0 radical (unpaired) electrons. The molecule has 2 fully saturated rings. The van der Waals surface area contributed by atoms with Gasteiger partial charge in [-0.2, -0.15) is 0 Å². The van der Waals surface area contributed by atoms with Gasteiger partial charge in [0, 0.05) is 13.1 Å². The predicted molar refractivity (Wildman–Crippen MR) is 72.2 cm³/mol. The zero-order valence-electron chi connectivity index (χ0n) is 10.7. The molecule has 0 spiro atoms. The van der Waals surface area contributed by atoms with E-state index in [4.69, 9.17) is 5.73 Å². The van der Waals surface area contributed by atoms with Crippen LogP contribution in [0, 0.1) is 17.7 Å². The van der Waals surface area contributed by atoms with Crippen LogP contribution in [0.1, 0.15) is 24.8 Å². The third-order valence-corrected chi connectivity index (χ3v) is 4.51. The van der Waals surface area contributed by atoms with Crippen molar-refractivity contribution in [3.05, 3.63) is 29.6 Å². The van der Waals surface area contributed by atoms with Gasteiger partial charge in [0.1, 0.15) is 5.82 Å². The highest BCUT2D eigenvalue weighted by Gasteiger charge is 2.36. The van der Waals surface area contributed by atoms with E-state index in [-0.39, 0.29) is 5.82 Å². The molecular formula is C15H21FN2. The Kier molecular flexibility index (Phi) is 3.25. The highest BCUT2D eigenvalue weighted by molar-refractivity contribution is 5.50. The number of nitrogens with zero attached hydrogens (tertiary/aromatic N) is 1. The number of hydrogen-bond donors (Lipinski definition) is 1. The van der Waals surface area contributed by atoms with Gasteiger partial charge in [0.15, 0.2) is 0 Å². The molecule has 1 saturated carbocycles. The molecule has 2 nitrogen and oxygen atoms in total. The normalized spacial score (nSPS) is 26.7. The molecule has 2 aliphatic rings. The van der Waals surface area contributed by atoms with Gasteiger partial charge in [-0.15, -0.1) is 0 Å². The first kappa shape index (κ1) is 12.0. The van der Waals surface area contributed by atoms with Crippen molar-refractivity contribution in [2.24, 2.45) is 17.6 Å². The molecule has 0 amide bonds. The lowest BCUT2D eigenvalue weighted by Gasteiger charge is -2.20. The van der Waals surface area contributed by atoms with Gasteiger partial charge in [-0.1, -0.05) is 12.5 Å². The number of rotatable bonds is 3. The largest absolute Gasteiger partial charge is 0.369 e. The molecule has 2 unspecified atom stereocenters. The minimum Gasteiger partial charge on any atom is -0.369 e. The average molecular weight is 248 g/mol. The van der Waals surface area contributed by atoms with Crippen molar-refractivity contribution < 1.29 is 4.39 Å². The summed E-state index contributed by atoms with van der Waals surface area (Å²) in [6, 6.07) is 5.59. The molecule has 3 heteroatoms. The van der Waals surface area contributed by atoms with Gasteiger partial charge in [0.05, 0.1) is 5.69 Å². The third-order valence-electron chi connectivity index (χ3n) is 4.51. The molecule has 0 aromatic heterocycles. The fourth-order valence-electron chi connectivity index (χ4n) is 3.56. The summed E-state index contributed by atoms with van der Waals surface area (Å²) in [6.45, 7) is 2.66. The van der Waals surface area contributed by atoms with E-state index in [0.717, 1.165) is 42.6 Å². The van der Waals surface area contributed by atoms with Crippen LogP contribution in [-0.4, -0.2) is 19.6 Å². The third kappa shape index (κ3) is 2.12. The second-order valence-corrected chi connectivity index (χ2v) is 5.68. The van der Waals surface area contributed by atoms with E-state index in [1.54, 1.807) is 6.07 Å². The van der Waals surface area contributed by atoms with Crippen molar-refractivity contribution in [2.75, 3.05) is 24.5 Å². The molecule has 3 rings (SSSR count). The summed E-state index contributed by atoms with van der Waals surface area (Å²) in [5.74, 6) is 1.52. The minimum absolute atomic E-state index is 0.0825. The van der Waals surface area contributed by atoms with Crippen molar-refractivity contribution in [1.29, 1.82) is 0 Å². The molecule has 0 bridgehead atoms. The quantitative estimate of drug-likeness (QED) is 0.890. The molecule has 2 N–H and O–H groups in total. The first-order valence-corrected chi connectivity index (χ1v) is 7.01. The highest BCUT2D eigenvalue weighted by Crippen LogP contribution is 2.40. The van der Waals surface area contributed by atoms with E-state index in [0.29, 0.717) is 6.54 Å². The topological polar surface area (TPSA) is 29.3 Å². The van der Waals surface area contributed by atoms with Crippen LogP contribution in [0.2, 0.25) is 0 Å². The molecule has 18 heavy (non-hydrogen) atoms. The van der Waals surface area contributed by atoms with E-state index >= 15 is 0 Å². The number of benzene rings is 1. The maximum atomic E-state index is 14.1. The van der Waals surface area contributed by atoms with Crippen LogP contribution in [0.4, 0.5) is 10.1 Å². The van der Waals surface area contributed by atoms with Crippen LogP contribution in [0.25, 0.3) is 0 Å².